The number of hydrogen-bond acceptors (Lipinski definition) is 5. The highest BCUT2D eigenvalue weighted by molar-refractivity contribution is 6.04. The van der Waals surface area contributed by atoms with Gasteiger partial charge in [-0.25, -0.2) is 19.2 Å². The maximum absolute atomic E-state index is 14.5. The molecule has 2 aliphatic rings. The normalized spacial score (nSPS) is 16.3. The quantitative estimate of drug-likeness (QED) is 0.672. The highest BCUT2D eigenvalue weighted by atomic mass is 19.1. The van der Waals surface area contributed by atoms with E-state index in [1.54, 1.807) is 27.8 Å². The number of imidazole rings is 1. The second-order valence-electron chi connectivity index (χ2n) is 7.37. The van der Waals surface area contributed by atoms with Crippen molar-refractivity contribution < 1.29 is 14.0 Å². The van der Waals surface area contributed by atoms with Crippen LogP contribution in [0.5, 0.6) is 0 Å². The maximum atomic E-state index is 14.5. The summed E-state index contributed by atoms with van der Waals surface area (Å²) >= 11 is 0. The minimum absolute atomic E-state index is 0.0106. The Hall–Kier alpha value is -3.53. The van der Waals surface area contributed by atoms with Gasteiger partial charge in [0.2, 0.25) is 5.91 Å². The second-order valence-corrected chi connectivity index (χ2v) is 7.37. The largest absolute Gasteiger partial charge is 0.327 e. The van der Waals surface area contributed by atoms with Crippen molar-refractivity contribution in [3.63, 3.8) is 0 Å². The Balaban J connectivity index is 1.42. The molecule has 3 amide bonds. The number of carbonyl (C=O) groups excluding carboxylic acids is 2. The fourth-order valence-corrected chi connectivity index (χ4v) is 4.00. The Morgan fingerprint density at radius 2 is 2.17 bits per heavy atom. The lowest BCUT2D eigenvalue weighted by Gasteiger charge is -2.29. The lowest BCUT2D eigenvalue weighted by atomic mass is 10.1. The lowest BCUT2D eigenvalue weighted by Crippen LogP contribution is -2.48. The summed E-state index contributed by atoms with van der Waals surface area (Å²) in [5.74, 6) is -0.0751. The van der Waals surface area contributed by atoms with Gasteiger partial charge < -0.3 is 19.9 Å². The van der Waals surface area contributed by atoms with Crippen LogP contribution in [0.3, 0.4) is 0 Å². The predicted octanol–water partition coefficient (Wildman–Crippen LogP) is 1.71. The lowest BCUT2D eigenvalue weighted by molar-refractivity contribution is -0.118. The number of aromatic nitrogens is 3. The number of anilines is 3. The molecule has 2 aliphatic heterocycles. The van der Waals surface area contributed by atoms with Crippen LogP contribution in [-0.2, 0) is 11.2 Å². The van der Waals surface area contributed by atoms with E-state index in [0.717, 1.165) is 16.9 Å². The molecule has 10 heteroatoms. The summed E-state index contributed by atoms with van der Waals surface area (Å²) in [5.41, 5.74) is 2.92. The Kier molecular flexibility index (Phi) is 4.35. The molecule has 3 aromatic rings. The molecule has 1 fully saturated rings. The fraction of sp³-hybridized carbons (Fsp3) is 0.300. The van der Waals surface area contributed by atoms with Crippen molar-refractivity contribution in [3.8, 4) is 0 Å². The average molecular weight is 409 g/mol. The van der Waals surface area contributed by atoms with E-state index >= 15 is 0 Å². The summed E-state index contributed by atoms with van der Waals surface area (Å²) < 4.78 is 16.1. The van der Waals surface area contributed by atoms with Crippen LogP contribution in [0.15, 0.2) is 30.7 Å². The van der Waals surface area contributed by atoms with Crippen LogP contribution in [0.4, 0.5) is 26.4 Å². The number of carbonyl (C=O) groups is 2. The summed E-state index contributed by atoms with van der Waals surface area (Å²) in [6.07, 6.45) is 5.43. The van der Waals surface area contributed by atoms with Gasteiger partial charge in [0.25, 0.3) is 0 Å². The Morgan fingerprint density at radius 1 is 1.30 bits per heavy atom. The van der Waals surface area contributed by atoms with Gasteiger partial charge in [-0.05, 0) is 19.4 Å². The summed E-state index contributed by atoms with van der Waals surface area (Å²) in [5, 5.41) is 5.69. The van der Waals surface area contributed by atoms with Gasteiger partial charge >= 0.3 is 6.03 Å². The Morgan fingerprint density at radius 3 is 3.00 bits per heavy atom. The number of aryl methyl sites for hydroxylation is 1. The van der Waals surface area contributed by atoms with Crippen molar-refractivity contribution in [2.24, 2.45) is 0 Å². The van der Waals surface area contributed by atoms with E-state index in [2.05, 4.69) is 20.6 Å². The van der Waals surface area contributed by atoms with Gasteiger partial charge in [-0.2, -0.15) is 0 Å². The van der Waals surface area contributed by atoms with E-state index in [1.165, 1.54) is 17.2 Å². The topological polar surface area (TPSA) is 94.9 Å². The minimum atomic E-state index is -0.561. The number of hydrogen-bond donors (Lipinski definition) is 2. The molecule has 0 unspecified atom stereocenters. The van der Waals surface area contributed by atoms with Crippen molar-refractivity contribution in [2.75, 3.05) is 41.3 Å². The van der Waals surface area contributed by atoms with Gasteiger partial charge in [-0.15, -0.1) is 0 Å². The number of halogens is 1. The average Bonchev–Trinajstić information content (AvgIpc) is 3.31. The summed E-state index contributed by atoms with van der Waals surface area (Å²) in [6, 6.07) is 2.62. The Labute approximate surface area is 171 Å². The monoisotopic (exact) mass is 409 g/mol. The van der Waals surface area contributed by atoms with E-state index in [9.17, 15) is 14.0 Å². The molecule has 5 rings (SSSR count). The molecule has 5 heterocycles. The van der Waals surface area contributed by atoms with Crippen LogP contribution in [0.2, 0.25) is 0 Å². The molecule has 154 valence electrons. The Bertz CT molecular complexity index is 1180. The van der Waals surface area contributed by atoms with Gasteiger partial charge in [-0.1, -0.05) is 0 Å². The zero-order chi connectivity index (χ0) is 20.8. The first-order valence-corrected chi connectivity index (χ1v) is 9.73. The zero-order valence-corrected chi connectivity index (χ0v) is 16.4. The molecule has 30 heavy (non-hydrogen) atoms. The molecule has 0 spiro atoms. The van der Waals surface area contributed by atoms with Crippen molar-refractivity contribution in [1.29, 1.82) is 0 Å². The third-order valence-corrected chi connectivity index (χ3v) is 5.38. The van der Waals surface area contributed by atoms with E-state index in [0.29, 0.717) is 37.5 Å². The third-order valence-electron chi connectivity index (χ3n) is 5.38. The van der Waals surface area contributed by atoms with Gasteiger partial charge in [0.05, 0.1) is 23.6 Å². The molecule has 3 aromatic heterocycles. The SMILES string of the molecule is Cc1cn2cc(NC(=O)N3CCc4c(N5CCNCC5=O)ccnc43)c(F)cc2n1. The van der Waals surface area contributed by atoms with E-state index < -0.39 is 11.8 Å². The summed E-state index contributed by atoms with van der Waals surface area (Å²) in [4.78, 5) is 37.0. The van der Waals surface area contributed by atoms with E-state index in [4.69, 9.17) is 0 Å². The van der Waals surface area contributed by atoms with Crippen LogP contribution in [0.25, 0.3) is 5.65 Å². The molecule has 9 nitrogen and oxygen atoms in total. The molecular formula is C20H20FN7O2. The molecule has 0 atom stereocenters. The molecular weight excluding hydrogens is 389 g/mol. The van der Waals surface area contributed by atoms with Gasteiger partial charge in [-0.3, -0.25) is 9.69 Å². The molecule has 2 N–H and O–H groups in total. The minimum Gasteiger partial charge on any atom is -0.310 e. The molecule has 0 aliphatic carbocycles. The molecule has 1 saturated heterocycles. The highest BCUT2D eigenvalue weighted by Gasteiger charge is 2.32. The molecule has 0 radical (unpaired) electrons. The first-order valence-electron chi connectivity index (χ1n) is 9.73. The number of amides is 3. The van der Waals surface area contributed by atoms with Crippen LogP contribution < -0.4 is 20.4 Å². The molecule has 0 saturated carbocycles. The smallest absolute Gasteiger partial charge is 0.310 e. The van der Waals surface area contributed by atoms with Crippen LogP contribution in [0, 0.1) is 12.7 Å². The predicted molar refractivity (Wildman–Crippen MR) is 109 cm³/mol. The van der Waals surface area contributed by atoms with Crippen molar-refractivity contribution in [3.05, 3.63) is 47.8 Å². The highest BCUT2D eigenvalue weighted by Crippen LogP contribution is 2.34. The number of pyridine rings is 2. The van der Waals surface area contributed by atoms with Crippen molar-refractivity contribution >= 4 is 34.8 Å². The first-order chi connectivity index (χ1) is 14.5. The van der Waals surface area contributed by atoms with Gasteiger partial charge in [0.15, 0.2) is 5.82 Å². The third kappa shape index (κ3) is 3.05. The standard InChI is InChI=1S/C20H20FN7O2/c1-12-10-26-11-15(14(21)8-17(26)24-12)25-20(30)28-6-3-13-16(2-4-23-19(13)28)27-7-5-22-9-18(27)29/h2,4,8,10-11,22H,3,5-7,9H2,1H3,(H,25,30). The van der Waals surface area contributed by atoms with Crippen LogP contribution in [-0.4, -0.2) is 52.5 Å². The number of rotatable bonds is 2. The molecule has 0 aromatic carbocycles. The zero-order valence-electron chi connectivity index (χ0n) is 16.4. The second kappa shape index (κ2) is 7.06. The number of fused-ring (bicyclic) bond motifs is 2. The summed E-state index contributed by atoms with van der Waals surface area (Å²) in [7, 11) is 0. The fourth-order valence-electron chi connectivity index (χ4n) is 4.00. The van der Waals surface area contributed by atoms with Crippen LogP contribution in [0.1, 0.15) is 11.3 Å². The van der Waals surface area contributed by atoms with E-state index in [1.807, 2.05) is 6.92 Å². The van der Waals surface area contributed by atoms with Crippen molar-refractivity contribution in [1.82, 2.24) is 19.7 Å². The van der Waals surface area contributed by atoms with Crippen molar-refractivity contribution in [2.45, 2.75) is 13.3 Å². The number of nitrogens with one attached hydrogen (secondary N) is 2. The van der Waals surface area contributed by atoms with Gasteiger partial charge in [0.1, 0.15) is 11.5 Å². The summed E-state index contributed by atoms with van der Waals surface area (Å²) in [6.45, 7) is 3.78. The maximum Gasteiger partial charge on any atom is 0.327 e. The number of nitrogens with zero attached hydrogens (tertiary/aromatic N) is 5. The molecule has 0 bridgehead atoms. The first kappa shape index (κ1) is 18.5. The van der Waals surface area contributed by atoms with Gasteiger partial charge in [0, 0.05) is 49.9 Å². The van der Waals surface area contributed by atoms with Crippen LogP contribution >= 0.6 is 0 Å². The number of piperazine rings is 1. The van der Waals surface area contributed by atoms with E-state index in [-0.39, 0.29) is 18.1 Å². The number of urea groups is 1.